The molecule has 1 amide bonds. The minimum Gasteiger partial charge on any atom is -0.497 e. The first-order chi connectivity index (χ1) is 17.4. The molecule has 2 heterocycles. The van der Waals surface area contributed by atoms with Crippen molar-refractivity contribution in [1.29, 1.82) is 0 Å². The molecule has 0 saturated carbocycles. The van der Waals surface area contributed by atoms with Gasteiger partial charge in [-0.05, 0) is 55.5 Å². The fourth-order valence-electron chi connectivity index (χ4n) is 3.41. The van der Waals surface area contributed by atoms with Gasteiger partial charge in [-0.25, -0.2) is 4.79 Å². The largest absolute Gasteiger partial charge is 0.497 e. The zero-order chi connectivity index (χ0) is 25.5. The maximum atomic E-state index is 12.6. The van der Waals surface area contributed by atoms with E-state index in [9.17, 15) is 14.4 Å². The summed E-state index contributed by atoms with van der Waals surface area (Å²) >= 11 is 1.21. The number of nitrogens with one attached hydrogen (secondary N) is 3. The van der Waals surface area contributed by atoms with Crippen molar-refractivity contribution in [3.8, 4) is 17.2 Å². The quantitative estimate of drug-likeness (QED) is 0.277. The second-order valence-electron chi connectivity index (χ2n) is 7.52. The van der Waals surface area contributed by atoms with Crippen LogP contribution in [0.1, 0.15) is 18.4 Å². The highest BCUT2D eigenvalue weighted by molar-refractivity contribution is 7.99. The number of nitrogens with zero attached hydrogens (tertiary/aromatic N) is 3. The molecule has 0 fully saturated rings. The van der Waals surface area contributed by atoms with E-state index in [-0.39, 0.29) is 18.1 Å². The molecule has 0 aliphatic heterocycles. The summed E-state index contributed by atoms with van der Waals surface area (Å²) in [7, 11) is 1.58. The number of carbonyl (C=O) groups is 1. The molecule has 0 unspecified atom stereocenters. The van der Waals surface area contributed by atoms with Gasteiger partial charge >= 0.3 is 5.69 Å². The van der Waals surface area contributed by atoms with Crippen LogP contribution in [0, 0.1) is 0 Å². The lowest BCUT2D eigenvalue weighted by atomic mass is 10.2. The van der Waals surface area contributed by atoms with Crippen LogP contribution in [0.5, 0.6) is 11.5 Å². The second kappa shape index (κ2) is 11.4. The van der Waals surface area contributed by atoms with Gasteiger partial charge in [0, 0.05) is 29.6 Å². The number of benzene rings is 2. The Morgan fingerprint density at radius 1 is 1.03 bits per heavy atom. The Kier molecular flexibility index (Phi) is 7.85. The number of hydrogen-bond donors (Lipinski definition) is 3. The van der Waals surface area contributed by atoms with Crippen molar-refractivity contribution in [1.82, 2.24) is 24.7 Å². The van der Waals surface area contributed by atoms with Crippen LogP contribution < -0.4 is 26.0 Å². The third-order valence-corrected chi connectivity index (χ3v) is 5.91. The molecule has 36 heavy (non-hydrogen) atoms. The van der Waals surface area contributed by atoms with E-state index in [1.807, 2.05) is 31.2 Å². The molecule has 2 aromatic carbocycles. The fourth-order valence-corrected chi connectivity index (χ4v) is 4.18. The van der Waals surface area contributed by atoms with Crippen LogP contribution in [0.2, 0.25) is 0 Å². The predicted octanol–water partition coefficient (Wildman–Crippen LogP) is 2.37. The molecule has 4 rings (SSSR count). The molecule has 4 aromatic rings. The molecular formula is C24H24N6O5S. The van der Waals surface area contributed by atoms with Crippen LogP contribution in [-0.2, 0) is 11.2 Å². The summed E-state index contributed by atoms with van der Waals surface area (Å²) in [5, 5.41) is 11.8. The van der Waals surface area contributed by atoms with Crippen molar-refractivity contribution in [2.45, 2.75) is 18.5 Å². The van der Waals surface area contributed by atoms with Gasteiger partial charge in [0.05, 0.1) is 19.5 Å². The summed E-state index contributed by atoms with van der Waals surface area (Å²) < 4.78 is 12.4. The highest BCUT2D eigenvalue weighted by Gasteiger charge is 2.17. The standard InChI is InChI=1S/C24H24N6O5S/c1-3-35-19-10-6-17(7-11-19)30-20(12-16-13-21(31)27-23(33)26-16)28-29-24(30)36-14-22(32)25-15-4-8-18(34-2)9-5-15/h4-11,13H,3,12,14H2,1-2H3,(H,25,32)(H2,26,27,31,33). The lowest BCUT2D eigenvalue weighted by Crippen LogP contribution is -2.23. The Hall–Kier alpha value is -4.32. The number of amides is 1. The zero-order valence-electron chi connectivity index (χ0n) is 19.6. The third kappa shape index (κ3) is 6.21. The van der Waals surface area contributed by atoms with Gasteiger partial charge in [0.15, 0.2) is 5.16 Å². The van der Waals surface area contributed by atoms with Crippen molar-refractivity contribution in [2.75, 3.05) is 24.8 Å². The van der Waals surface area contributed by atoms with Gasteiger partial charge in [0.1, 0.15) is 17.3 Å². The SMILES string of the molecule is CCOc1ccc(-n2c(Cc3cc(=O)[nH]c(=O)[nH]3)nnc2SCC(=O)Nc2ccc(OC)cc2)cc1. The summed E-state index contributed by atoms with van der Waals surface area (Å²) in [6.07, 6.45) is 0.151. The van der Waals surface area contributed by atoms with Gasteiger partial charge < -0.3 is 19.8 Å². The van der Waals surface area contributed by atoms with E-state index < -0.39 is 11.2 Å². The van der Waals surface area contributed by atoms with Gasteiger partial charge in [0.2, 0.25) is 5.91 Å². The predicted molar refractivity (Wildman–Crippen MR) is 135 cm³/mol. The van der Waals surface area contributed by atoms with Gasteiger partial charge in [-0.15, -0.1) is 10.2 Å². The van der Waals surface area contributed by atoms with E-state index in [4.69, 9.17) is 9.47 Å². The van der Waals surface area contributed by atoms with Crippen LogP contribution in [-0.4, -0.2) is 50.1 Å². The van der Waals surface area contributed by atoms with Gasteiger partial charge in [0.25, 0.3) is 5.56 Å². The Balaban J connectivity index is 1.57. The molecule has 3 N–H and O–H groups in total. The first kappa shape index (κ1) is 24.8. The first-order valence-corrected chi connectivity index (χ1v) is 12.0. The molecule has 0 spiro atoms. The molecule has 0 bridgehead atoms. The minimum atomic E-state index is -0.602. The number of carbonyl (C=O) groups excluding carboxylic acids is 1. The Morgan fingerprint density at radius 3 is 2.42 bits per heavy atom. The van der Waals surface area contributed by atoms with Gasteiger partial charge in [-0.3, -0.25) is 19.1 Å². The first-order valence-electron chi connectivity index (χ1n) is 11.0. The second-order valence-corrected chi connectivity index (χ2v) is 8.46. The highest BCUT2D eigenvalue weighted by atomic mass is 32.2. The van der Waals surface area contributed by atoms with E-state index >= 15 is 0 Å². The molecule has 0 saturated heterocycles. The molecule has 186 valence electrons. The number of methoxy groups -OCH3 is 1. The number of aromatic nitrogens is 5. The maximum Gasteiger partial charge on any atom is 0.325 e. The summed E-state index contributed by atoms with van der Waals surface area (Å²) in [6.45, 7) is 2.44. The van der Waals surface area contributed by atoms with Crippen molar-refractivity contribution < 1.29 is 14.3 Å². The van der Waals surface area contributed by atoms with E-state index in [1.54, 1.807) is 35.9 Å². The van der Waals surface area contributed by atoms with Crippen molar-refractivity contribution in [2.24, 2.45) is 0 Å². The van der Waals surface area contributed by atoms with E-state index in [1.165, 1.54) is 17.8 Å². The number of rotatable bonds is 10. The lowest BCUT2D eigenvalue weighted by molar-refractivity contribution is -0.113. The number of anilines is 1. The molecule has 0 atom stereocenters. The Bertz CT molecular complexity index is 1420. The number of ether oxygens (including phenoxy) is 2. The smallest absolute Gasteiger partial charge is 0.325 e. The fraction of sp³-hybridized carbons (Fsp3) is 0.208. The topological polar surface area (TPSA) is 144 Å². The van der Waals surface area contributed by atoms with E-state index in [0.717, 1.165) is 5.69 Å². The summed E-state index contributed by atoms with van der Waals surface area (Å²) in [6, 6.07) is 15.7. The average molecular weight is 509 g/mol. The van der Waals surface area contributed by atoms with Crippen molar-refractivity contribution >= 4 is 23.4 Å². The average Bonchev–Trinajstić information content (AvgIpc) is 3.25. The number of hydrogen-bond acceptors (Lipinski definition) is 8. The number of thioether (sulfide) groups is 1. The Morgan fingerprint density at radius 2 is 1.75 bits per heavy atom. The van der Waals surface area contributed by atoms with Gasteiger partial charge in [-0.1, -0.05) is 11.8 Å². The molecule has 11 nitrogen and oxygen atoms in total. The van der Waals surface area contributed by atoms with E-state index in [0.29, 0.717) is 40.5 Å². The number of aromatic amines is 2. The Labute approximate surface area is 209 Å². The van der Waals surface area contributed by atoms with Crippen LogP contribution in [0.15, 0.2) is 69.3 Å². The molecule has 0 radical (unpaired) electrons. The summed E-state index contributed by atoms with van der Waals surface area (Å²) in [5.74, 6) is 1.76. The van der Waals surface area contributed by atoms with Crippen LogP contribution in [0.3, 0.4) is 0 Å². The highest BCUT2D eigenvalue weighted by Crippen LogP contribution is 2.25. The van der Waals surface area contributed by atoms with Crippen molar-refractivity contribution in [3.63, 3.8) is 0 Å². The minimum absolute atomic E-state index is 0.0863. The molecule has 0 aliphatic rings. The zero-order valence-corrected chi connectivity index (χ0v) is 20.4. The number of H-pyrrole nitrogens is 2. The molecule has 0 aliphatic carbocycles. The lowest BCUT2D eigenvalue weighted by Gasteiger charge is -2.11. The molecular weight excluding hydrogens is 484 g/mol. The molecule has 2 aromatic heterocycles. The van der Waals surface area contributed by atoms with Crippen molar-refractivity contribution in [3.05, 3.63) is 87.0 Å². The summed E-state index contributed by atoms with van der Waals surface area (Å²) in [5.41, 5.74) is 0.661. The van der Waals surface area contributed by atoms with Crippen LogP contribution in [0.25, 0.3) is 5.69 Å². The normalized spacial score (nSPS) is 10.7. The van der Waals surface area contributed by atoms with Crippen LogP contribution in [0.4, 0.5) is 5.69 Å². The monoisotopic (exact) mass is 508 g/mol. The summed E-state index contributed by atoms with van der Waals surface area (Å²) in [4.78, 5) is 40.7. The van der Waals surface area contributed by atoms with Crippen LogP contribution >= 0.6 is 11.8 Å². The maximum absolute atomic E-state index is 12.6. The van der Waals surface area contributed by atoms with E-state index in [2.05, 4.69) is 25.5 Å². The van der Waals surface area contributed by atoms with Gasteiger partial charge in [-0.2, -0.15) is 0 Å². The molecule has 12 heteroatoms. The third-order valence-electron chi connectivity index (χ3n) is 4.98.